The Bertz CT molecular complexity index is 783. The molecule has 1 N–H and O–H groups in total. The second-order valence-electron chi connectivity index (χ2n) is 7.74. The van der Waals surface area contributed by atoms with Gasteiger partial charge in [0.25, 0.3) is 0 Å². The number of likely N-dealkylation sites (tertiary alicyclic amines) is 1. The molecule has 3 rings (SSSR count). The molecule has 1 aliphatic heterocycles. The van der Waals surface area contributed by atoms with E-state index in [2.05, 4.69) is 21.8 Å². The molecule has 158 valence electrons. The number of benzene rings is 1. The van der Waals surface area contributed by atoms with E-state index in [1.54, 1.807) is 7.11 Å². The van der Waals surface area contributed by atoms with Gasteiger partial charge in [0.15, 0.2) is 0 Å². The van der Waals surface area contributed by atoms with Crippen LogP contribution in [0.5, 0.6) is 0 Å². The highest BCUT2D eigenvalue weighted by Crippen LogP contribution is 2.22. The van der Waals surface area contributed by atoms with Crippen molar-refractivity contribution in [1.29, 1.82) is 0 Å². The monoisotopic (exact) mass is 402 g/mol. The Hall–Kier alpha value is -2.41. The fraction of sp³-hybridized carbons (Fsp3) is 0.545. The van der Waals surface area contributed by atoms with Crippen LogP contribution in [0, 0.1) is 18.7 Å². The largest absolute Gasteiger partial charge is 0.385 e. The summed E-state index contributed by atoms with van der Waals surface area (Å²) in [6.07, 6.45) is 5.59. The zero-order chi connectivity index (χ0) is 20.6. The maximum Gasteiger partial charge on any atom is 0.317 e. The van der Waals surface area contributed by atoms with Gasteiger partial charge in [-0.05, 0) is 49.8 Å². The molecule has 1 aromatic carbocycles. The van der Waals surface area contributed by atoms with Crippen molar-refractivity contribution in [3.8, 4) is 0 Å². The number of hydrogen-bond donors (Lipinski definition) is 1. The van der Waals surface area contributed by atoms with Gasteiger partial charge in [-0.1, -0.05) is 12.1 Å². The van der Waals surface area contributed by atoms with Crippen molar-refractivity contribution in [2.45, 2.75) is 39.2 Å². The van der Waals surface area contributed by atoms with Gasteiger partial charge in [-0.15, -0.1) is 0 Å². The van der Waals surface area contributed by atoms with Crippen molar-refractivity contribution in [2.75, 3.05) is 33.4 Å². The van der Waals surface area contributed by atoms with Gasteiger partial charge in [0.1, 0.15) is 11.6 Å². The number of aromatic nitrogens is 2. The molecule has 1 fully saturated rings. The summed E-state index contributed by atoms with van der Waals surface area (Å²) in [6.45, 7) is 5.61. The number of nitrogens with one attached hydrogen (secondary N) is 1. The van der Waals surface area contributed by atoms with Crippen molar-refractivity contribution in [2.24, 2.45) is 5.92 Å². The Balaban J connectivity index is 1.50. The van der Waals surface area contributed by atoms with Crippen LogP contribution >= 0.6 is 0 Å². The Morgan fingerprint density at radius 3 is 2.69 bits per heavy atom. The Kier molecular flexibility index (Phi) is 7.63. The molecule has 7 heteroatoms. The van der Waals surface area contributed by atoms with Gasteiger partial charge in [0, 0.05) is 58.2 Å². The highest BCUT2D eigenvalue weighted by atomic mass is 19.1. The summed E-state index contributed by atoms with van der Waals surface area (Å²) in [6, 6.07) is 6.66. The van der Waals surface area contributed by atoms with Crippen molar-refractivity contribution in [1.82, 2.24) is 19.8 Å². The summed E-state index contributed by atoms with van der Waals surface area (Å²) in [5, 5.41) is 2.96. The summed E-state index contributed by atoms with van der Waals surface area (Å²) >= 11 is 0. The zero-order valence-corrected chi connectivity index (χ0v) is 17.4. The van der Waals surface area contributed by atoms with E-state index in [1.165, 1.54) is 12.1 Å². The SMILES string of the molecule is COCCCNC(=O)N1CCC(Cc2ncc(C)n2Cc2ccc(F)cc2)CC1. The number of carbonyl (C=O) groups excluding carboxylic acids is 1. The lowest BCUT2D eigenvalue weighted by atomic mass is 9.93. The van der Waals surface area contributed by atoms with E-state index in [0.29, 0.717) is 25.6 Å². The predicted molar refractivity (Wildman–Crippen MR) is 110 cm³/mol. The summed E-state index contributed by atoms with van der Waals surface area (Å²) in [5.41, 5.74) is 2.17. The number of halogens is 1. The molecule has 0 bridgehead atoms. The first kappa shape index (κ1) is 21.3. The average Bonchev–Trinajstić information content (AvgIpc) is 3.07. The lowest BCUT2D eigenvalue weighted by Gasteiger charge is -2.32. The molecule has 6 nitrogen and oxygen atoms in total. The topological polar surface area (TPSA) is 59.4 Å². The highest BCUT2D eigenvalue weighted by molar-refractivity contribution is 5.74. The van der Waals surface area contributed by atoms with Gasteiger partial charge in [-0.25, -0.2) is 14.2 Å². The molecule has 29 heavy (non-hydrogen) atoms. The van der Waals surface area contributed by atoms with Gasteiger partial charge >= 0.3 is 6.03 Å². The number of hydrogen-bond acceptors (Lipinski definition) is 3. The molecule has 0 atom stereocenters. The number of aryl methyl sites for hydroxylation is 1. The van der Waals surface area contributed by atoms with E-state index in [1.807, 2.05) is 23.2 Å². The van der Waals surface area contributed by atoms with Crippen LogP contribution in [0.4, 0.5) is 9.18 Å². The van der Waals surface area contributed by atoms with Crippen LogP contribution in [0.1, 0.15) is 36.3 Å². The van der Waals surface area contributed by atoms with Gasteiger partial charge in [0.2, 0.25) is 0 Å². The number of imidazole rings is 1. The van der Waals surface area contributed by atoms with E-state index in [-0.39, 0.29) is 11.8 Å². The van der Waals surface area contributed by atoms with Crippen LogP contribution in [0.2, 0.25) is 0 Å². The second kappa shape index (κ2) is 10.4. The molecule has 1 aromatic heterocycles. The van der Waals surface area contributed by atoms with E-state index in [4.69, 9.17) is 4.74 Å². The number of nitrogens with zero attached hydrogens (tertiary/aromatic N) is 3. The molecule has 2 heterocycles. The third-order valence-electron chi connectivity index (χ3n) is 5.57. The fourth-order valence-corrected chi connectivity index (χ4v) is 3.78. The first-order chi connectivity index (χ1) is 14.1. The molecule has 0 aliphatic carbocycles. The highest BCUT2D eigenvalue weighted by Gasteiger charge is 2.24. The van der Waals surface area contributed by atoms with Crippen LogP contribution < -0.4 is 5.32 Å². The van der Waals surface area contributed by atoms with E-state index in [9.17, 15) is 9.18 Å². The summed E-state index contributed by atoms with van der Waals surface area (Å²) < 4.78 is 20.4. The van der Waals surface area contributed by atoms with Crippen LogP contribution in [-0.2, 0) is 17.7 Å². The quantitative estimate of drug-likeness (QED) is 0.689. The van der Waals surface area contributed by atoms with Gasteiger partial charge in [-0.2, -0.15) is 0 Å². The molecule has 0 radical (unpaired) electrons. The number of rotatable bonds is 8. The number of ether oxygens (including phenoxy) is 1. The second-order valence-corrected chi connectivity index (χ2v) is 7.74. The fourth-order valence-electron chi connectivity index (χ4n) is 3.78. The average molecular weight is 403 g/mol. The minimum atomic E-state index is -0.217. The van der Waals surface area contributed by atoms with Crippen molar-refractivity contribution in [3.05, 3.63) is 53.4 Å². The first-order valence-electron chi connectivity index (χ1n) is 10.3. The lowest BCUT2D eigenvalue weighted by Crippen LogP contribution is -2.45. The Morgan fingerprint density at radius 1 is 1.28 bits per heavy atom. The number of carbonyl (C=O) groups is 1. The smallest absolute Gasteiger partial charge is 0.317 e. The van der Waals surface area contributed by atoms with E-state index in [0.717, 1.165) is 55.9 Å². The minimum absolute atomic E-state index is 0.0215. The van der Waals surface area contributed by atoms with Crippen molar-refractivity contribution >= 4 is 6.03 Å². The minimum Gasteiger partial charge on any atom is -0.385 e. The van der Waals surface area contributed by atoms with Gasteiger partial charge in [-0.3, -0.25) is 0 Å². The standard InChI is InChI=1S/C22H31FN4O2/c1-17-15-25-21(27(17)16-19-4-6-20(23)7-5-19)14-18-8-11-26(12-9-18)22(28)24-10-3-13-29-2/h4-7,15,18H,3,8-14,16H2,1-2H3,(H,24,28). The molecular formula is C22H31FN4O2. The van der Waals surface area contributed by atoms with Crippen LogP contribution in [0.15, 0.2) is 30.5 Å². The number of piperidine rings is 1. The summed E-state index contributed by atoms with van der Waals surface area (Å²) in [7, 11) is 1.67. The molecular weight excluding hydrogens is 371 g/mol. The van der Waals surface area contributed by atoms with E-state index < -0.39 is 0 Å². The molecule has 0 saturated carbocycles. The summed E-state index contributed by atoms with van der Waals surface area (Å²) in [5.74, 6) is 1.36. The number of methoxy groups -OCH3 is 1. The lowest BCUT2D eigenvalue weighted by molar-refractivity contribution is 0.166. The molecule has 1 aliphatic rings. The number of urea groups is 1. The van der Waals surface area contributed by atoms with Gasteiger partial charge < -0.3 is 19.5 Å². The normalized spacial score (nSPS) is 14.9. The zero-order valence-electron chi connectivity index (χ0n) is 17.4. The molecule has 2 amide bonds. The Labute approximate surface area is 172 Å². The maximum atomic E-state index is 13.2. The third kappa shape index (κ3) is 6.03. The third-order valence-corrected chi connectivity index (χ3v) is 5.57. The maximum absolute atomic E-state index is 13.2. The van der Waals surface area contributed by atoms with Crippen LogP contribution in [-0.4, -0.2) is 53.8 Å². The van der Waals surface area contributed by atoms with E-state index >= 15 is 0 Å². The molecule has 0 unspecified atom stereocenters. The molecule has 1 saturated heterocycles. The van der Waals surface area contributed by atoms with Crippen molar-refractivity contribution in [3.63, 3.8) is 0 Å². The summed E-state index contributed by atoms with van der Waals surface area (Å²) in [4.78, 5) is 18.8. The van der Waals surface area contributed by atoms with Crippen LogP contribution in [0.3, 0.4) is 0 Å². The predicted octanol–water partition coefficient (Wildman–Crippen LogP) is 3.38. The first-order valence-corrected chi connectivity index (χ1v) is 10.3. The van der Waals surface area contributed by atoms with Crippen LogP contribution in [0.25, 0.3) is 0 Å². The molecule has 0 spiro atoms. The Morgan fingerprint density at radius 2 is 2.00 bits per heavy atom. The van der Waals surface area contributed by atoms with Crippen molar-refractivity contribution < 1.29 is 13.9 Å². The number of amides is 2. The molecule has 2 aromatic rings. The van der Waals surface area contributed by atoms with Gasteiger partial charge in [0.05, 0.1) is 0 Å².